The van der Waals surface area contributed by atoms with E-state index in [1.54, 1.807) is 0 Å². The lowest BCUT2D eigenvalue weighted by Gasteiger charge is -2.31. The van der Waals surface area contributed by atoms with Gasteiger partial charge in [-0.05, 0) is 74.1 Å². The van der Waals surface area contributed by atoms with Gasteiger partial charge in [-0.1, -0.05) is 43.7 Å². The van der Waals surface area contributed by atoms with E-state index in [2.05, 4.69) is 71.5 Å². The molecule has 142 valence electrons. The van der Waals surface area contributed by atoms with Crippen molar-refractivity contribution in [3.8, 4) is 0 Å². The highest BCUT2D eigenvalue weighted by Crippen LogP contribution is 2.35. The van der Waals surface area contributed by atoms with Crippen LogP contribution in [0.2, 0.25) is 0 Å². The fourth-order valence-electron chi connectivity index (χ4n) is 4.14. The first-order valence-electron chi connectivity index (χ1n) is 10.3. The van der Waals surface area contributed by atoms with Crippen LogP contribution in [0.5, 0.6) is 0 Å². The molecule has 0 unspecified atom stereocenters. The van der Waals surface area contributed by atoms with Crippen molar-refractivity contribution in [2.75, 3.05) is 19.6 Å². The number of unbranched alkanes of at least 4 members (excludes halogenated alkanes) is 1. The summed E-state index contributed by atoms with van der Waals surface area (Å²) < 4.78 is 0. The minimum Gasteiger partial charge on any atom is -0.361 e. The van der Waals surface area contributed by atoms with Crippen LogP contribution in [0.3, 0.4) is 0 Å². The second-order valence-corrected chi connectivity index (χ2v) is 8.74. The zero-order valence-electron chi connectivity index (χ0n) is 16.3. The van der Waals surface area contributed by atoms with Crippen LogP contribution in [0.25, 0.3) is 10.9 Å². The number of piperidine rings is 1. The van der Waals surface area contributed by atoms with Crippen molar-refractivity contribution >= 4 is 22.7 Å². The average molecular weight is 379 g/mol. The van der Waals surface area contributed by atoms with Crippen molar-refractivity contribution in [1.82, 2.24) is 9.88 Å². The Labute approximate surface area is 167 Å². The second-order valence-electron chi connectivity index (χ2n) is 7.70. The van der Waals surface area contributed by atoms with Gasteiger partial charge in [0, 0.05) is 27.7 Å². The standard InChI is InChI=1S/C24H30N2S/c1-2-3-13-26-14-11-20(12-15-26)23-17-25-24-10-9-21(16-22(23)24)27-18-19-7-5-4-6-8-19/h4-10,16-17,20,25H,2-3,11-15,18H2,1H3. The summed E-state index contributed by atoms with van der Waals surface area (Å²) >= 11 is 1.93. The van der Waals surface area contributed by atoms with Gasteiger partial charge in [0.15, 0.2) is 0 Å². The summed E-state index contributed by atoms with van der Waals surface area (Å²) in [7, 11) is 0. The predicted molar refractivity (Wildman–Crippen MR) is 118 cm³/mol. The van der Waals surface area contributed by atoms with Gasteiger partial charge in [-0.25, -0.2) is 0 Å². The summed E-state index contributed by atoms with van der Waals surface area (Å²) in [6, 6.07) is 17.6. The minimum absolute atomic E-state index is 0.700. The van der Waals surface area contributed by atoms with E-state index in [0.29, 0.717) is 5.92 Å². The summed E-state index contributed by atoms with van der Waals surface area (Å²) in [6.45, 7) is 6.06. The number of aromatic amines is 1. The zero-order valence-corrected chi connectivity index (χ0v) is 17.1. The number of benzene rings is 2. The molecule has 0 atom stereocenters. The first-order chi connectivity index (χ1) is 13.3. The molecular formula is C24H30N2S. The summed E-state index contributed by atoms with van der Waals surface area (Å²) in [5, 5.41) is 1.43. The molecule has 3 heteroatoms. The molecule has 1 N–H and O–H groups in total. The third-order valence-electron chi connectivity index (χ3n) is 5.79. The van der Waals surface area contributed by atoms with Gasteiger partial charge in [0.2, 0.25) is 0 Å². The number of nitrogens with one attached hydrogen (secondary N) is 1. The Bertz CT molecular complexity index is 847. The molecule has 0 amide bonds. The fourth-order valence-corrected chi connectivity index (χ4v) is 5.03. The van der Waals surface area contributed by atoms with Gasteiger partial charge in [-0.3, -0.25) is 0 Å². The van der Waals surface area contributed by atoms with Crippen molar-refractivity contribution in [3.63, 3.8) is 0 Å². The SMILES string of the molecule is CCCCN1CCC(c2c[nH]c3ccc(SCc4ccccc4)cc23)CC1. The molecule has 0 bridgehead atoms. The van der Waals surface area contributed by atoms with Gasteiger partial charge in [-0.2, -0.15) is 0 Å². The maximum absolute atomic E-state index is 3.51. The van der Waals surface area contributed by atoms with Crippen LogP contribution >= 0.6 is 11.8 Å². The Morgan fingerprint density at radius 3 is 2.67 bits per heavy atom. The average Bonchev–Trinajstić information content (AvgIpc) is 3.15. The normalized spacial score (nSPS) is 16.2. The molecule has 0 radical (unpaired) electrons. The van der Waals surface area contributed by atoms with Crippen LogP contribution in [0.15, 0.2) is 59.6 Å². The van der Waals surface area contributed by atoms with Crippen molar-refractivity contribution < 1.29 is 0 Å². The van der Waals surface area contributed by atoms with Gasteiger partial charge in [0.25, 0.3) is 0 Å². The van der Waals surface area contributed by atoms with Gasteiger partial charge in [0.05, 0.1) is 0 Å². The lowest BCUT2D eigenvalue weighted by Crippen LogP contribution is -2.33. The molecule has 0 spiro atoms. The number of rotatable bonds is 7. The quantitative estimate of drug-likeness (QED) is 0.477. The maximum Gasteiger partial charge on any atom is 0.0457 e. The molecule has 4 rings (SSSR count). The number of likely N-dealkylation sites (tertiary alicyclic amines) is 1. The number of nitrogens with zero attached hydrogens (tertiary/aromatic N) is 1. The molecule has 1 fully saturated rings. The number of hydrogen-bond acceptors (Lipinski definition) is 2. The lowest BCUT2D eigenvalue weighted by molar-refractivity contribution is 0.210. The van der Waals surface area contributed by atoms with Crippen LogP contribution in [0.1, 0.15) is 49.7 Å². The Balaban J connectivity index is 1.44. The van der Waals surface area contributed by atoms with Gasteiger partial charge in [-0.15, -0.1) is 11.8 Å². The van der Waals surface area contributed by atoms with E-state index in [4.69, 9.17) is 0 Å². The van der Waals surface area contributed by atoms with Crippen molar-refractivity contribution in [2.45, 2.75) is 49.2 Å². The van der Waals surface area contributed by atoms with Crippen LogP contribution in [-0.2, 0) is 5.75 Å². The molecule has 27 heavy (non-hydrogen) atoms. The highest BCUT2D eigenvalue weighted by molar-refractivity contribution is 7.98. The highest BCUT2D eigenvalue weighted by atomic mass is 32.2. The van der Waals surface area contributed by atoms with E-state index in [1.165, 1.54) is 72.2 Å². The number of thioether (sulfide) groups is 1. The molecule has 0 aliphatic carbocycles. The van der Waals surface area contributed by atoms with Crippen molar-refractivity contribution in [1.29, 1.82) is 0 Å². The van der Waals surface area contributed by atoms with Crippen molar-refractivity contribution in [3.05, 3.63) is 65.9 Å². The number of fused-ring (bicyclic) bond motifs is 1. The molecule has 1 aliphatic heterocycles. The van der Waals surface area contributed by atoms with Crippen LogP contribution in [0.4, 0.5) is 0 Å². The van der Waals surface area contributed by atoms with Crippen LogP contribution < -0.4 is 0 Å². The Kier molecular flexibility index (Phi) is 6.21. The molecule has 1 aliphatic rings. The molecule has 3 aromatic rings. The highest BCUT2D eigenvalue weighted by Gasteiger charge is 2.22. The van der Waals surface area contributed by atoms with Gasteiger partial charge < -0.3 is 9.88 Å². The largest absolute Gasteiger partial charge is 0.361 e. The van der Waals surface area contributed by atoms with E-state index >= 15 is 0 Å². The third kappa shape index (κ3) is 4.59. The molecule has 1 aromatic heterocycles. The van der Waals surface area contributed by atoms with Gasteiger partial charge in [0.1, 0.15) is 0 Å². The Morgan fingerprint density at radius 1 is 1.07 bits per heavy atom. The van der Waals surface area contributed by atoms with Gasteiger partial charge >= 0.3 is 0 Å². The Morgan fingerprint density at radius 2 is 1.89 bits per heavy atom. The van der Waals surface area contributed by atoms with Crippen LogP contribution in [-0.4, -0.2) is 29.5 Å². The fraction of sp³-hybridized carbons (Fsp3) is 0.417. The summed E-state index contributed by atoms with van der Waals surface area (Å²) in [6.07, 6.45) is 7.48. The number of H-pyrrole nitrogens is 1. The molecular weight excluding hydrogens is 348 g/mol. The van der Waals surface area contributed by atoms with E-state index in [0.717, 1.165) is 5.75 Å². The maximum atomic E-state index is 3.51. The first-order valence-corrected chi connectivity index (χ1v) is 11.3. The monoisotopic (exact) mass is 378 g/mol. The smallest absolute Gasteiger partial charge is 0.0457 e. The van der Waals surface area contributed by atoms with E-state index < -0.39 is 0 Å². The van der Waals surface area contributed by atoms with E-state index in [1.807, 2.05) is 11.8 Å². The van der Waals surface area contributed by atoms with Crippen molar-refractivity contribution in [2.24, 2.45) is 0 Å². The Hall–Kier alpha value is -1.71. The first kappa shape index (κ1) is 18.6. The third-order valence-corrected chi connectivity index (χ3v) is 6.85. The zero-order chi connectivity index (χ0) is 18.5. The van der Waals surface area contributed by atoms with E-state index in [-0.39, 0.29) is 0 Å². The number of aromatic nitrogens is 1. The molecule has 1 saturated heterocycles. The van der Waals surface area contributed by atoms with Crippen LogP contribution in [0, 0.1) is 0 Å². The predicted octanol–water partition coefficient (Wildman–Crippen LogP) is 6.44. The summed E-state index contributed by atoms with van der Waals surface area (Å²) in [5.41, 5.74) is 4.20. The number of hydrogen-bond donors (Lipinski definition) is 1. The lowest BCUT2D eigenvalue weighted by atomic mass is 9.89. The molecule has 2 heterocycles. The second kappa shape index (κ2) is 8.99. The minimum atomic E-state index is 0.700. The molecule has 2 aromatic carbocycles. The summed E-state index contributed by atoms with van der Waals surface area (Å²) in [5.74, 6) is 1.73. The summed E-state index contributed by atoms with van der Waals surface area (Å²) in [4.78, 5) is 7.53. The molecule has 0 saturated carbocycles. The van der Waals surface area contributed by atoms with E-state index in [9.17, 15) is 0 Å². The molecule has 2 nitrogen and oxygen atoms in total. The topological polar surface area (TPSA) is 19.0 Å².